The Hall–Kier alpha value is -1.51. The second-order valence-corrected chi connectivity index (χ2v) is 14.8. The van der Waals surface area contributed by atoms with Gasteiger partial charge in [0.25, 0.3) is 0 Å². The Balaban J connectivity index is 2.12. The zero-order valence-electron chi connectivity index (χ0n) is 32.2. The Labute approximate surface area is 295 Å². The SMILES string of the molecule is CCCCCCCCCCCCCCCCCCN(CCCCCCCCCCCCCCCCCC)C(=O)Nc1ccccc1C. The lowest BCUT2D eigenvalue weighted by Gasteiger charge is -2.24. The lowest BCUT2D eigenvalue weighted by molar-refractivity contribution is 0.209. The summed E-state index contributed by atoms with van der Waals surface area (Å²) in [5.74, 6) is 0. The van der Waals surface area contributed by atoms with Gasteiger partial charge in [-0.1, -0.05) is 225 Å². The number of hydrogen-bond acceptors (Lipinski definition) is 1. The summed E-state index contributed by atoms with van der Waals surface area (Å²) in [7, 11) is 0. The van der Waals surface area contributed by atoms with Crippen molar-refractivity contribution < 1.29 is 4.79 Å². The third-order valence-electron chi connectivity index (χ3n) is 10.2. The molecule has 274 valence electrons. The van der Waals surface area contributed by atoms with Gasteiger partial charge < -0.3 is 10.2 Å². The second kappa shape index (κ2) is 34.4. The molecule has 1 aromatic carbocycles. The Morgan fingerprint density at radius 2 is 0.723 bits per heavy atom. The number of aryl methyl sites for hydroxylation is 1. The molecular weight excluding hydrogens is 572 g/mol. The topological polar surface area (TPSA) is 32.3 Å². The van der Waals surface area contributed by atoms with Crippen molar-refractivity contribution in [3.63, 3.8) is 0 Å². The van der Waals surface area contributed by atoms with Gasteiger partial charge >= 0.3 is 6.03 Å². The molecule has 0 saturated heterocycles. The summed E-state index contributed by atoms with van der Waals surface area (Å²) >= 11 is 0. The fourth-order valence-corrected chi connectivity index (χ4v) is 6.92. The van der Waals surface area contributed by atoms with Crippen LogP contribution >= 0.6 is 0 Å². The van der Waals surface area contributed by atoms with E-state index < -0.39 is 0 Å². The molecule has 0 unspecified atom stereocenters. The summed E-state index contributed by atoms with van der Waals surface area (Å²) in [4.78, 5) is 15.4. The zero-order valence-corrected chi connectivity index (χ0v) is 32.2. The highest BCUT2D eigenvalue weighted by Crippen LogP contribution is 2.18. The van der Waals surface area contributed by atoms with Crippen LogP contribution in [0.2, 0.25) is 0 Å². The van der Waals surface area contributed by atoms with Crippen molar-refractivity contribution in [2.75, 3.05) is 18.4 Å². The maximum atomic E-state index is 13.3. The molecule has 0 heterocycles. The monoisotopic (exact) mass is 655 g/mol. The number of urea groups is 1. The summed E-state index contributed by atoms with van der Waals surface area (Å²) in [6, 6.07) is 8.23. The van der Waals surface area contributed by atoms with Gasteiger partial charge in [0, 0.05) is 18.8 Å². The Morgan fingerprint density at radius 1 is 0.447 bits per heavy atom. The van der Waals surface area contributed by atoms with E-state index in [1.165, 1.54) is 193 Å². The molecule has 0 aliphatic rings. The van der Waals surface area contributed by atoms with Crippen LogP contribution in [0.4, 0.5) is 10.5 Å². The van der Waals surface area contributed by atoms with Gasteiger partial charge in [0.1, 0.15) is 0 Å². The molecular formula is C44H82N2O. The molecule has 0 aliphatic heterocycles. The molecule has 3 heteroatoms. The number of hydrogen-bond donors (Lipinski definition) is 1. The average Bonchev–Trinajstić information content (AvgIpc) is 3.07. The molecule has 0 bridgehead atoms. The van der Waals surface area contributed by atoms with Crippen LogP contribution in [0.5, 0.6) is 0 Å². The van der Waals surface area contributed by atoms with Crippen molar-refractivity contribution in [3.05, 3.63) is 29.8 Å². The molecule has 1 N–H and O–H groups in total. The fraction of sp³-hybridized carbons (Fsp3) is 0.841. The number of carbonyl (C=O) groups is 1. The molecule has 0 aliphatic carbocycles. The van der Waals surface area contributed by atoms with Crippen molar-refractivity contribution in [2.24, 2.45) is 0 Å². The minimum absolute atomic E-state index is 0.0845. The van der Waals surface area contributed by atoms with Crippen LogP contribution in [0.15, 0.2) is 24.3 Å². The number of nitrogens with one attached hydrogen (secondary N) is 1. The Kier molecular flexibility index (Phi) is 31.8. The molecule has 1 aromatic rings. The van der Waals surface area contributed by atoms with Crippen molar-refractivity contribution in [1.82, 2.24) is 4.90 Å². The minimum atomic E-state index is 0.0845. The van der Waals surface area contributed by atoms with Crippen LogP contribution in [0.3, 0.4) is 0 Å². The van der Waals surface area contributed by atoms with Gasteiger partial charge in [-0.15, -0.1) is 0 Å². The maximum Gasteiger partial charge on any atom is 0.321 e. The highest BCUT2D eigenvalue weighted by Gasteiger charge is 2.14. The van der Waals surface area contributed by atoms with Crippen molar-refractivity contribution in [1.29, 1.82) is 0 Å². The first-order valence-corrected chi connectivity index (χ1v) is 21.3. The Morgan fingerprint density at radius 3 is 1.02 bits per heavy atom. The van der Waals surface area contributed by atoms with E-state index in [0.717, 1.165) is 37.2 Å². The van der Waals surface area contributed by atoms with Crippen LogP contribution in [-0.4, -0.2) is 24.0 Å². The maximum absolute atomic E-state index is 13.3. The first-order valence-electron chi connectivity index (χ1n) is 21.3. The van der Waals surface area contributed by atoms with E-state index in [-0.39, 0.29) is 6.03 Å². The summed E-state index contributed by atoms with van der Waals surface area (Å²) in [6.07, 6.45) is 44.2. The molecule has 47 heavy (non-hydrogen) atoms. The van der Waals surface area contributed by atoms with Gasteiger partial charge in [0.2, 0.25) is 0 Å². The number of amides is 2. The number of para-hydroxylation sites is 1. The zero-order chi connectivity index (χ0) is 33.9. The minimum Gasteiger partial charge on any atom is -0.325 e. The predicted octanol–water partition coefficient (Wildman–Crippen LogP) is 15.4. The van der Waals surface area contributed by atoms with Crippen LogP contribution in [-0.2, 0) is 0 Å². The quantitative estimate of drug-likeness (QED) is 0.0726. The van der Waals surface area contributed by atoms with Gasteiger partial charge in [-0.25, -0.2) is 4.79 Å². The molecule has 0 spiro atoms. The first kappa shape index (κ1) is 43.5. The molecule has 0 saturated carbocycles. The molecule has 3 nitrogen and oxygen atoms in total. The second-order valence-electron chi connectivity index (χ2n) is 14.8. The van der Waals surface area contributed by atoms with Gasteiger partial charge in [-0.05, 0) is 31.4 Å². The molecule has 0 radical (unpaired) electrons. The normalized spacial score (nSPS) is 11.3. The number of benzene rings is 1. The molecule has 1 rings (SSSR count). The molecule has 0 atom stereocenters. The summed E-state index contributed by atoms with van der Waals surface area (Å²) in [5.41, 5.74) is 2.08. The number of anilines is 1. The predicted molar refractivity (Wildman–Crippen MR) is 211 cm³/mol. The fourth-order valence-electron chi connectivity index (χ4n) is 6.92. The highest BCUT2D eigenvalue weighted by atomic mass is 16.2. The van der Waals surface area contributed by atoms with Crippen LogP contribution in [0.1, 0.15) is 225 Å². The van der Waals surface area contributed by atoms with Crippen LogP contribution < -0.4 is 5.32 Å². The van der Waals surface area contributed by atoms with Gasteiger partial charge in [-0.3, -0.25) is 0 Å². The van der Waals surface area contributed by atoms with Gasteiger partial charge in [0.15, 0.2) is 0 Å². The third kappa shape index (κ3) is 28.1. The van der Waals surface area contributed by atoms with Crippen LogP contribution in [0.25, 0.3) is 0 Å². The third-order valence-corrected chi connectivity index (χ3v) is 10.2. The van der Waals surface area contributed by atoms with E-state index in [1.54, 1.807) is 0 Å². The van der Waals surface area contributed by atoms with E-state index >= 15 is 0 Å². The van der Waals surface area contributed by atoms with E-state index in [0.29, 0.717) is 0 Å². The summed E-state index contributed by atoms with van der Waals surface area (Å²) < 4.78 is 0. The van der Waals surface area contributed by atoms with Crippen molar-refractivity contribution >= 4 is 11.7 Å². The van der Waals surface area contributed by atoms with Gasteiger partial charge in [-0.2, -0.15) is 0 Å². The molecule has 0 fully saturated rings. The van der Waals surface area contributed by atoms with Gasteiger partial charge in [0.05, 0.1) is 0 Å². The van der Waals surface area contributed by atoms with E-state index in [4.69, 9.17) is 0 Å². The number of carbonyl (C=O) groups excluding carboxylic acids is 1. The number of unbranched alkanes of at least 4 members (excludes halogenated alkanes) is 30. The highest BCUT2D eigenvalue weighted by molar-refractivity contribution is 5.90. The number of nitrogens with zero attached hydrogens (tertiary/aromatic N) is 1. The largest absolute Gasteiger partial charge is 0.325 e. The van der Waals surface area contributed by atoms with Crippen molar-refractivity contribution in [3.8, 4) is 0 Å². The standard InChI is InChI=1S/C44H82N2O/c1-4-6-8-10-12-14-16-18-20-22-24-26-28-30-32-36-40-46(44(47)45-43-39-35-34-38-42(43)3)41-37-33-31-29-27-25-23-21-19-17-15-13-11-9-7-5-2/h34-35,38-39H,4-33,36-37,40-41H2,1-3H3,(H,45,47). The smallest absolute Gasteiger partial charge is 0.321 e. The van der Waals surface area contributed by atoms with E-state index in [9.17, 15) is 4.79 Å². The van der Waals surface area contributed by atoms with E-state index in [2.05, 4.69) is 37.1 Å². The summed E-state index contributed by atoms with van der Waals surface area (Å²) in [5, 5.41) is 3.21. The first-order chi connectivity index (χ1) is 23.2. The Bertz CT molecular complexity index is 757. The lowest BCUT2D eigenvalue weighted by atomic mass is 10.0. The lowest BCUT2D eigenvalue weighted by Crippen LogP contribution is -2.36. The summed E-state index contributed by atoms with van der Waals surface area (Å²) in [6.45, 7) is 8.44. The molecule has 2 amide bonds. The number of rotatable bonds is 35. The van der Waals surface area contributed by atoms with Crippen LogP contribution in [0, 0.1) is 6.92 Å². The van der Waals surface area contributed by atoms with E-state index in [1.807, 2.05) is 18.2 Å². The molecule has 0 aromatic heterocycles. The van der Waals surface area contributed by atoms with Crippen molar-refractivity contribution in [2.45, 2.75) is 226 Å². The average molecular weight is 655 g/mol.